The maximum atomic E-state index is 12.8. The van der Waals surface area contributed by atoms with E-state index in [4.69, 9.17) is 22.3 Å². The summed E-state index contributed by atoms with van der Waals surface area (Å²) in [4.78, 5) is 51.3. The fourth-order valence-electron chi connectivity index (χ4n) is 2.80. The van der Waals surface area contributed by atoms with E-state index in [0.717, 1.165) is 0 Å². The Morgan fingerprint density at radius 3 is 2.09 bits per heavy atom. The molecular formula is C20H30N6O7. The summed E-state index contributed by atoms with van der Waals surface area (Å²) in [6.45, 7) is 0.170. The number of nitrogens with one attached hydrogen (secondary N) is 2. The third kappa shape index (κ3) is 10.8. The van der Waals surface area contributed by atoms with Gasteiger partial charge in [0, 0.05) is 19.4 Å². The number of benzene rings is 1. The average Bonchev–Trinajstić information content (AvgIpc) is 2.74. The van der Waals surface area contributed by atoms with Gasteiger partial charge in [-0.15, -0.1) is 0 Å². The van der Waals surface area contributed by atoms with Crippen LogP contribution >= 0.6 is 0 Å². The van der Waals surface area contributed by atoms with Crippen molar-refractivity contribution in [3.63, 3.8) is 0 Å². The van der Waals surface area contributed by atoms with Gasteiger partial charge in [-0.05, 0) is 37.0 Å². The molecule has 13 nitrogen and oxygen atoms in total. The van der Waals surface area contributed by atoms with E-state index in [1.165, 1.54) is 24.3 Å². The number of rotatable bonds is 14. The zero-order valence-corrected chi connectivity index (χ0v) is 17.9. The quantitative estimate of drug-likeness (QED) is 0.0871. The Kier molecular flexibility index (Phi) is 11.1. The van der Waals surface area contributed by atoms with Gasteiger partial charge in [-0.2, -0.15) is 0 Å². The zero-order valence-electron chi connectivity index (χ0n) is 17.9. The fourth-order valence-corrected chi connectivity index (χ4v) is 2.80. The van der Waals surface area contributed by atoms with Crippen LogP contribution in [-0.4, -0.2) is 69.7 Å². The van der Waals surface area contributed by atoms with Gasteiger partial charge in [-0.1, -0.05) is 12.1 Å². The normalized spacial score (nSPS) is 13.2. The Hall–Kier alpha value is -3.87. The molecule has 11 N–H and O–H groups in total. The number of aliphatic imine (C=N–C) groups is 1. The first-order chi connectivity index (χ1) is 15.5. The molecule has 0 bridgehead atoms. The second-order valence-electron chi connectivity index (χ2n) is 7.32. The van der Waals surface area contributed by atoms with Crippen molar-refractivity contribution in [3.8, 4) is 5.75 Å². The molecule has 0 aromatic heterocycles. The molecule has 0 unspecified atom stereocenters. The third-order valence-corrected chi connectivity index (χ3v) is 4.57. The molecule has 0 aliphatic rings. The molecule has 0 radical (unpaired) electrons. The maximum absolute atomic E-state index is 12.8. The lowest BCUT2D eigenvalue weighted by atomic mass is 10.0. The van der Waals surface area contributed by atoms with Crippen molar-refractivity contribution in [2.45, 2.75) is 50.2 Å². The molecule has 0 saturated heterocycles. The highest BCUT2D eigenvalue weighted by molar-refractivity contribution is 5.92. The van der Waals surface area contributed by atoms with E-state index in [1.54, 1.807) is 0 Å². The van der Waals surface area contributed by atoms with Crippen LogP contribution in [0, 0.1) is 0 Å². The van der Waals surface area contributed by atoms with Gasteiger partial charge in [-0.25, -0.2) is 4.79 Å². The van der Waals surface area contributed by atoms with Crippen LogP contribution < -0.4 is 27.8 Å². The molecule has 0 heterocycles. The third-order valence-electron chi connectivity index (χ3n) is 4.57. The van der Waals surface area contributed by atoms with E-state index in [-0.39, 0.29) is 50.4 Å². The monoisotopic (exact) mass is 466 g/mol. The molecule has 2 amide bonds. The van der Waals surface area contributed by atoms with E-state index < -0.39 is 41.9 Å². The topological polar surface area (TPSA) is 243 Å². The van der Waals surface area contributed by atoms with Crippen LogP contribution in [0.5, 0.6) is 5.75 Å². The number of aliphatic carboxylic acids is 2. The Labute approximate surface area is 190 Å². The zero-order chi connectivity index (χ0) is 25.0. The molecule has 3 atom stereocenters. The Morgan fingerprint density at radius 2 is 1.55 bits per heavy atom. The molecule has 1 rings (SSSR count). The van der Waals surface area contributed by atoms with Crippen LogP contribution in [-0.2, 0) is 25.6 Å². The fraction of sp³-hybridized carbons (Fsp3) is 0.450. The number of aromatic hydroxyl groups is 1. The maximum Gasteiger partial charge on any atom is 0.326 e. The number of phenolic OH excluding ortho intramolecular Hbond substituents is 1. The number of carboxylic acids is 2. The first-order valence-corrected chi connectivity index (χ1v) is 10.1. The average molecular weight is 466 g/mol. The van der Waals surface area contributed by atoms with Crippen LogP contribution in [0.4, 0.5) is 0 Å². The van der Waals surface area contributed by atoms with Gasteiger partial charge in [-0.3, -0.25) is 19.4 Å². The van der Waals surface area contributed by atoms with E-state index in [0.29, 0.717) is 5.56 Å². The van der Waals surface area contributed by atoms with Gasteiger partial charge in [0.05, 0.1) is 6.04 Å². The van der Waals surface area contributed by atoms with E-state index in [1.807, 2.05) is 0 Å². The van der Waals surface area contributed by atoms with Gasteiger partial charge >= 0.3 is 11.9 Å². The minimum absolute atomic E-state index is 0.0115. The molecule has 182 valence electrons. The molecule has 0 spiro atoms. The minimum atomic E-state index is -1.31. The lowest BCUT2D eigenvalue weighted by molar-refractivity contribution is -0.142. The van der Waals surface area contributed by atoms with E-state index >= 15 is 0 Å². The van der Waals surface area contributed by atoms with Crippen LogP contribution in [0.2, 0.25) is 0 Å². The molecule has 33 heavy (non-hydrogen) atoms. The lowest BCUT2D eigenvalue weighted by Gasteiger charge is -2.23. The highest BCUT2D eigenvalue weighted by Gasteiger charge is 2.28. The van der Waals surface area contributed by atoms with Crippen LogP contribution in [0.25, 0.3) is 0 Å². The number of hydrogen-bond donors (Lipinski definition) is 8. The predicted molar refractivity (Wildman–Crippen MR) is 118 cm³/mol. The molecular weight excluding hydrogens is 436 g/mol. The highest BCUT2D eigenvalue weighted by atomic mass is 16.4. The SMILES string of the molecule is NC(N)=NCCC[C@H](NC(=O)[C@@H](N)CCC(=O)O)C(=O)N[C@@H](Cc1ccc(O)cc1)C(=O)O. The van der Waals surface area contributed by atoms with Crippen LogP contribution in [0.15, 0.2) is 29.3 Å². The van der Waals surface area contributed by atoms with Crippen molar-refractivity contribution in [1.29, 1.82) is 0 Å². The standard InChI is InChI=1S/C20H30N6O7/c21-13(7-8-16(28)29)17(30)25-14(2-1-9-24-20(22)23)18(31)26-15(19(32)33)10-11-3-5-12(27)6-4-11/h3-6,13-15,27H,1-2,7-10,21H2,(H,25,30)(H,26,31)(H,28,29)(H,32,33)(H4,22,23,24)/t13-,14-,15-/m0/s1. The van der Waals surface area contributed by atoms with Crippen molar-refractivity contribution >= 4 is 29.7 Å². The summed E-state index contributed by atoms with van der Waals surface area (Å²) in [5.41, 5.74) is 16.8. The summed E-state index contributed by atoms with van der Waals surface area (Å²) in [5, 5.41) is 32.4. The number of nitrogens with zero attached hydrogens (tertiary/aromatic N) is 1. The van der Waals surface area contributed by atoms with Crippen molar-refractivity contribution in [1.82, 2.24) is 10.6 Å². The number of amides is 2. The lowest BCUT2D eigenvalue weighted by Crippen LogP contribution is -2.54. The summed E-state index contributed by atoms with van der Waals surface area (Å²) >= 11 is 0. The first-order valence-electron chi connectivity index (χ1n) is 10.1. The highest BCUT2D eigenvalue weighted by Crippen LogP contribution is 2.12. The summed E-state index contributed by atoms with van der Waals surface area (Å²) in [7, 11) is 0. The smallest absolute Gasteiger partial charge is 0.326 e. The second kappa shape index (κ2) is 13.5. The molecule has 13 heteroatoms. The first kappa shape index (κ1) is 27.2. The molecule has 0 fully saturated rings. The minimum Gasteiger partial charge on any atom is -0.508 e. The molecule has 0 aliphatic heterocycles. The van der Waals surface area contributed by atoms with Crippen molar-refractivity contribution in [2.75, 3.05) is 6.54 Å². The number of guanidine groups is 1. The number of phenols is 1. The van der Waals surface area contributed by atoms with Gasteiger partial charge in [0.2, 0.25) is 11.8 Å². The summed E-state index contributed by atoms with van der Waals surface area (Å²) < 4.78 is 0. The summed E-state index contributed by atoms with van der Waals surface area (Å²) in [6.07, 6.45) is -0.165. The predicted octanol–water partition coefficient (Wildman–Crippen LogP) is -1.77. The van der Waals surface area contributed by atoms with Gasteiger partial charge < -0.3 is 43.2 Å². The van der Waals surface area contributed by atoms with Gasteiger partial charge in [0.15, 0.2) is 5.96 Å². The van der Waals surface area contributed by atoms with Crippen LogP contribution in [0.1, 0.15) is 31.2 Å². The molecule has 0 saturated carbocycles. The summed E-state index contributed by atoms with van der Waals surface area (Å²) in [6, 6.07) is 2.20. The Balaban J connectivity index is 2.88. The number of nitrogens with two attached hydrogens (primary N) is 3. The Bertz CT molecular complexity index is 855. The molecule has 0 aliphatic carbocycles. The number of carbonyl (C=O) groups excluding carboxylic acids is 2. The molecule has 1 aromatic rings. The van der Waals surface area contributed by atoms with E-state index in [9.17, 15) is 29.4 Å². The van der Waals surface area contributed by atoms with Crippen LogP contribution in [0.3, 0.4) is 0 Å². The van der Waals surface area contributed by atoms with Crippen molar-refractivity contribution in [2.24, 2.45) is 22.2 Å². The van der Waals surface area contributed by atoms with Crippen molar-refractivity contribution in [3.05, 3.63) is 29.8 Å². The number of hydrogen-bond acceptors (Lipinski definition) is 7. The number of carbonyl (C=O) groups is 4. The van der Waals surface area contributed by atoms with E-state index in [2.05, 4.69) is 15.6 Å². The molecule has 1 aromatic carbocycles. The summed E-state index contributed by atoms with van der Waals surface area (Å²) in [5.74, 6) is -4.05. The Morgan fingerprint density at radius 1 is 0.939 bits per heavy atom. The second-order valence-corrected chi connectivity index (χ2v) is 7.32. The van der Waals surface area contributed by atoms with Gasteiger partial charge in [0.25, 0.3) is 0 Å². The van der Waals surface area contributed by atoms with Gasteiger partial charge in [0.1, 0.15) is 17.8 Å². The van der Waals surface area contributed by atoms with Crippen molar-refractivity contribution < 1.29 is 34.5 Å². The largest absolute Gasteiger partial charge is 0.508 e. The number of carboxylic acid groups (broad SMARTS) is 2.